The van der Waals surface area contributed by atoms with Crippen molar-refractivity contribution in [2.45, 2.75) is 13.5 Å². The van der Waals surface area contributed by atoms with Gasteiger partial charge in [-0.15, -0.1) is 11.6 Å². The van der Waals surface area contributed by atoms with E-state index < -0.39 is 0 Å². The van der Waals surface area contributed by atoms with Crippen LogP contribution >= 0.6 is 11.6 Å². The third kappa shape index (κ3) is 5.11. The van der Waals surface area contributed by atoms with Gasteiger partial charge in [0.2, 0.25) is 0 Å². The zero-order valence-corrected chi connectivity index (χ0v) is 9.76. The average molecular weight is 229 g/mol. The molecule has 3 nitrogen and oxygen atoms in total. The number of hydrogen-bond acceptors (Lipinski definition) is 3. The van der Waals surface area contributed by atoms with Gasteiger partial charge in [-0.25, -0.2) is 0 Å². The van der Waals surface area contributed by atoms with Crippen molar-refractivity contribution in [3.05, 3.63) is 29.6 Å². The fourth-order valence-corrected chi connectivity index (χ4v) is 1.32. The predicted octanol–water partition coefficient (Wildman–Crippen LogP) is 1.74. The molecule has 1 aromatic rings. The van der Waals surface area contributed by atoms with Crippen LogP contribution in [-0.2, 0) is 11.3 Å². The first-order valence-corrected chi connectivity index (χ1v) is 5.63. The molecule has 0 atom stereocenters. The molecule has 0 radical (unpaired) electrons. The van der Waals surface area contributed by atoms with Crippen molar-refractivity contribution in [2.24, 2.45) is 0 Å². The fraction of sp³-hybridized carbons (Fsp3) is 0.545. The van der Waals surface area contributed by atoms with Crippen molar-refractivity contribution in [1.29, 1.82) is 0 Å². The molecule has 0 unspecified atom stereocenters. The van der Waals surface area contributed by atoms with E-state index in [0.717, 1.165) is 18.8 Å². The highest BCUT2D eigenvalue weighted by Crippen LogP contribution is 2.01. The van der Waals surface area contributed by atoms with Gasteiger partial charge in [0.1, 0.15) is 0 Å². The molecule has 15 heavy (non-hydrogen) atoms. The third-order valence-corrected chi connectivity index (χ3v) is 2.21. The summed E-state index contributed by atoms with van der Waals surface area (Å²) in [4.78, 5) is 4.29. The Morgan fingerprint density at radius 3 is 3.07 bits per heavy atom. The van der Waals surface area contributed by atoms with E-state index in [1.165, 1.54) is 5.56 Å². The first kappa shape index (κ1) is 12.4. The largest absolute Gasteiger partial charge is 0.379 e. The maximum atomic E-state index is 5.48. The van der Waals surface area contributed by atoms with Gasteiger partial charge >= 0.3 is 0 Å². The summed E-state index contributed by atoms with van der Waals surface area (Å²) in [7, 11) is 0. The standard InChI is InChI=1S/C11H17ClN2O/c1-10-3-2-5-14-11(10)9-13-6-8-15-7-4-12/h2-3,5,13H,4,6-9H2,1H3. The number of halogens is 1. The highest BCUT2D eigenvalue weighted by atomic mass is 35.5. The van der Waals surface area contributed by atoms with E-state index in [1.807, 2.05) is 12.3 Å². The van der Waals surface area contributed by atoms with Crippen LogP contribution in [0.2, 0.25) is 0 Å². The molecule has 0 aliphatic rings. The van der Waals surface area contributed by atoms with E-state index in [2.05, 4.69) is 23.3 Å². The van der Waals surface area contributed by atoms with Crippen molar-refractivity contribution >= 4 is 11.6 Å². The van der Waals surface area contributed by atoms with E-state index >= 15 is 0 Å². The van der Waals surface area contributed by atoms with Gasteiger partial charge in [-0.2, -0.15) is 0 Å². The molecule has 0 aliphatic carbocycles. The highest BCUT2D eigenvalue weighted by Gasteiger charge is 1.97. The number of aryl methyl sites for hydroxylation is 1. The summed E-state index contributed by atoms with van der Waals surface area (Å²) in [6.07, 6.45) is 1.81. The van der Waals surface area contributed by atoms with Gasteiger partial charge in [0.25, 0.3) is 0 Å². The smallest absolute Gasteiger partial charge is 0.0602 e. The molecule has 0 aliphatic heterocycles. The zero-order chi connectivity index (χ0) is 10.9. The van der Waals surface area contributed by atoms with Gasteiger partial charge in [-0.3, -0.25) is 4.98 Å². The molecule has 0 saturated heterocycles. The molecule has 0 fully saturated rings. The van der Waals surface area contributed by atoms with E-state index in [9.17, 15) is 0 Å². The molecule has 0 amide bonds. The minimum absolute atomic E-state index is 0.555. The molecule has 0 bridgehead atoms. The molecule has 84 valence electrons. The number of nitrogens with one attached hydrogen (secondary N) is 1. The van der Waals surface area contributed by atoms with Crippen molar-refractivity contribution < 1.29 is 4.74 Å². The van der Waals surface area contributed by atoms with E-state index in [1.54, 1.807) is 0 Å². The molecule has 0 aromatic carbocycles. The quantitative estimate of drug-likeness (QED) is 0.570. The van der Waals surface area contributed by atoms with Crippen LogP contribution in [0.3, 0.4) is 0 Å². The number of alkyl halides is 1. The van der Waals surface area contributed by atoms with Crippen molar-refractivity contribution in [3.63, 3.8) is 0 Å². The summed E-state index contributed by atoms with van der Waals surface area (Å²) in [5, 5.41) is 3.27. The second kappa shape index (κ2) is 7.63. The summed E-state index contributed by atoms with van der Waals surface area (Å²) >= 11 is 5.48. The lowest BCUT2D eigenvalue weighted by molar-refractivity contribution is 0.150. The van der Waals surface area contributed by atoms with Crippen LogP contribution in [0.1, 0.15) is 11.3 Å². The number of hydrogen-bond donors (Lipinski definition) is 1. The number of nitrogens with zero attached hydrogens (tertiary/aromatic N) is 1. The normalized spacial score (nSPS) is 10.5. The summed E-state index contributed by atoms with van der Waals surface area (Å²) in [6.45, 7) is 4.99. The fourth-order valence-electron chi connectivity index (χ4n) is 1.21. The maximum absolute atomic E-state index is 5.48. The van der Waals surface area contributed by atoms with Gasteiger partial charge < -0.3 is 10.1 Å². The Balaban J connectivity index is 2.12. The van der Waals surface area contributed by atoms with Crippen molar-refractivity contribution in [2.75, 3.05) is 25.6 Å². The van der Waals surface area contributed by atoms with Gasteiger partial charge in [-0.05, 0) is 18.6 Å². The molecule has 1 N–H and O–H groups in total. The van der Waals surface area contributed by atoms with Crippen molar-refractivity contribution in [3.8, 4) is 0 Å². The van der Waals surface area contributed by atoms with E-state index in [4.69, 9.17) is 16.3 Å². The molecular weight excluding hydrogens is 212 g/mol. The molecular formula is C11H17ClN2O. The molecule has 1 heterocycles. The first-order valence-electron chi connectivity index (χ1n) is 5.09. The lowest BCUT2D eigenvalue weighted by atomic mass is 10.2. The number of rotatable bonds is 7. The highest BCUT2D eigenvalue weighted by molar-refractivity contribution is 6.17. The van der Waals surface area contributed by atoms with Crippen LogP contribution in [-0.4, -0.2) is 30.6 Å². The Labute approximate surface area is 95.8 Å². The van der Waals surface area contributed by atoms with Crippen LogP contribution in [0.15, 0.2) is 18.3 Å². The van der Waals surface area contributed by atoms with E-state index in [-0.39, 0.29) is 0 Å². The Kier molecular flexibility index (Phi) is 6.32. The molecule has 4 heteroatoms. The van der Waals surface area contributed by atoms with Crippen LogP contribution in [0, 0.1) is 6.92 Å². The summed E-state index contributed by atoms with van der Waals surface area (Å²) < 4.78 is 5.24. The zero-order valence-electron chi connectivity index (χ0n) is 9.00. The maximum Gasteiger partial charge on any atom is 0.0602 e. The predicted molar refractivity (Wildman–Crippen MR) is 62.2 cm³/mol. The Bertz CT molecular complexity index is 281. The van der Waals surface area contributed by atoms with Crippen LogP contribution in [0.5, 0.6) is 0 Å². The number of ether oxygens (including phenoxy) is 1. The number of aromatic nitrogens is 1. The Hall–Kier alpha value is -0.640. The minimum Gasteiger partial charge on any atom is -0.379 e. The molecule has 0 spiro atoms. The van der Waals surface area contributed by atoms with Crippen LogP contribution < -0.4 is 5.32 Å². The summed E-state index contributed by atoms with van der Waals surface area (Å²) in [5.41, 5.74) is 2.31. The second-order valence-electron chi connectivity index (χ2n) is 3.25. The van der Waals surface area contributed by atoms with Crippen LogP contribution in [0.4, 0.5) is 0 Å². The topological polar surface area (TPSA) is 34.2 Å². The van der Waals surface area contributed by atoms with Crippen LogP contribution in [0.25, 0.3) is 0 Å². The molecule has 1 aromatic heterocycles. The SMILES string of the molecule is Cc1cccnc1CNCCOCCCl. The molecule has 0 saturated carbocycles. The third-order valence-electron chi connectivity index (χ3n) is 2.05. The average Bonchev–Trinajstić information content (AvgIpc) is 2.25. The second-order valence-corrected chi connectivity index (χ2v) is 3.62. The van der Waals surface area contributed by atoms with Crippen molar-refractivity contribution in [1.82, 2.24) is 10.3 Å². The summed E-state index contributed by atoms with van der Waals surface area (Å²) in [6, 6.07) is 4.01. The van der Waals surface area contributed by atoms with Gasteiger partial charge in [0.15, 0.2) is 0 Å². The summed E-state index contributed by atoms with van der Waals surface area (Å²) in [5.74, 6) is 0.555. The van der Waals surface area contributed by atoms with E-state index in [0.29, 0.717) is 19.1 Å². The Morgan fingerprint density at radius 1 is 1.47 bits per heavy atom. The van der Waals surface area contributed by atoms with Gasteiger partial charge in [0.05, 0.1) is 18.9 Å². The Morgan fingerprint density at radius 2 is 2.33 bits per heavy atom. The van der Waals surface area contributed by atoms with Gasteiger partial charge in [-0.1, -0.05) is 6.07 Å². The lowest BCUT2D eigenvalue weighted by Gasteiger charge is -2.06. The lowest BCUT2D eigenvalue weighted by Crippen LogP contribution is -2.20. The first-order chi connectivity index (χ1) is 7.34. The minimum atomic E-state index is 0.555. The van der Waals surface area contributed by atoms with Gasteiger partial charge in [0, 0.05) is 25.2 Å². The number of pyridine rings is 1. The molecule has 1 rings (SSSR count). The monoisotopic (exact) mass is 228 g/mol.